The van der Waals surface area contributed by atoms with E-state index in [1.807, 2.05) is 32.9 Å². The first-order valence-electron chi connectivity index (χ1n) is 9.61. The quantitative estimate of drug-likeness (QED) is 0.615. The standard InChI is InChI=1S/C22H23ClN2O4/c1-22(2,3)29-21(27)24-13-9-10-25(12-13)14-7-8-15-18(11-14)28-20-16(19(15)26)5-4-6-17(20)23/h4-8,11,13H,9-10,12H2,1-3H3,(H,24,27)/t13-/m0/s1. The fourth-order valence-electron chi connectivity index (χ4n) is 3.61. The van der Waals surface area contributed by atoms with Gasteiger partial charge in [0.25, 0.3) is 0 Å². The van der Waals surface area contributed by atoms with Crippen LogP contribution in [0.4, 0.5) is 10.5 Å². The highest BCUT2D eigenvalue weighted by Gasteiger charge is 2.26. The Labute approximate surface area is 173 Å². The van der Waals surface area contributed by atoms with Gasteiger partial charge in [0, 0.05) is 24.8 Å². The van der Waals surface area contributed by atoms with Crippen molar-refractivity contribution in [2.24, 2.45) is 0 Å². The number of para-hydroxylation sites is 1. The molecule has 1 amide bonds. The van der Waals surface area contributed by atoms with Crippen molar-refractivity contribution in [3.8, 4) is 0 Å². The first kappa shape index (κ1) is 19.6. The van der Waals surface area contributed by atoms with Gasteiger partial charge in [0.05, 0.1) is 21.8 Å². The number of alkyl carbamates (subject to hydrolysis) is 1. The summed E-state index contributed by atoms with van der Waals surface area (Å²) in [5, 5.41) is 4.32. The maximum Gasteiger partial charge on any atom is 0.407 e. The van der Waals surface area contributed by atoms with Crippen molar-refractivity contribution in [3.05, 3.63) is 51.6 Å². The highest BCUT2D eigenvalue weighted by Crippen LogP contribution is 2.29. The fraction of sp³-hybridized carbons (Fsp3) is 0.364. The molecule has 0 radical (unpaired) electrons. The summed E-state index contributed by atoms with van der Waals surface area (Å²) >= 11 is 6.21. The number of amides is 1. The van der Waals surface area contributed by atoms with E-state index in [1.54, 1.807) is 24.3 Å². The van der Waals surface area contributed by atoms with E-state index in [1.165, 1.54) is 0 Å². The van der Waals surface area contributed by atoms with Gasteiger partial charge in [-0.05, 0) is 51.5 Å². The van der Waals surface area contributed by atoms with Crippen molar-refractivity contribution in [1.29, 1.82) is 0 Å². The molecule has 1 fully saturated rings. The van der Waals surface area contributed by atoms with E-state index in [-0.39, 0.29) is 11.5 Å². The number of hydrogen-bond donors (Lipinski definition) is 1. The highest BCUT2D eigenvalue weighted by molar-refractivity contribution is 6.34. The van der Waals surface area contributed by atoms with E-state index in [4.69, 9.17) is 20.8 Å². The van der Waals surface area contributed by atoms with E-state index in [2.05, 4.69) is 10.2 Å². The summed E-state index contributed by atoms with van der Waals surface area (Å²) in [7, 11) is 0. The Morgan fingerprint density at radius 1 is 1.24 bits per heavy atom. The number of rotatable bonds is 2. The Morgan fingerprint density at radius 2 is 2.03 bits per heavy atom. The Morgan fingerprint density at radius 3 is 2.79 bits per heavy atom. The molecular formula is C22H23ClN2O4. The second kappa shape index (κ2) is 7.26. The third-order valence-corrected chi connectivity index (χ3v) is 5.21. The van der Waals surface area contributed by atoms with Crippen molar-refractivity contribution in [2.45, 2.75) is 38.8 Å². The Balaban J connectivity index is 1.57. The largest absolute Gasteiger partial charge is 0.454 e. The van der Waals surface area contributed by atoms with E-state index in [0.29, 0.717) is 33.5 Å². The molecule has 0 saturated carbocycles. The van der Waals surface area contributed by atoms with Crippen LogP contribution in [0.1, 0.15) is 27.2 Å². The molecule has 29 heavy (non-hydrogen) atoms. The lowest BCUT2D eigenvalue weighted by atomic mass is 10.1. The number of nitrogens with one attached hydrogen (secondary N) is 1. The predicted octanol–water partition coefficient (Wildman–Crippen LogP) is 4.70. The van der Waals surface area contributed by atoms with Crippen molar-refractivity contribution < 1.29 is 13.9 Å². The number of carbonyl (C=O) groups is 1. The maximum atomic E-state index is 12.8. The molecular weight excluding hydrogens is 392 g/mol. The molecule has 1 aromatic heterocycles. The third kappa shape index (κ3) is 4.03. The molecule has 1 atom stereocenters. The van der Waals surface area contributed by atoms with Gasteiger partial charge in [-0.3, -0.25) is 4.79 Å². The molecule has 2 aromatic carbocycles. The average molecular weight is 415 g/mol. The average Bonchev–Trinajstić information content (AvgIpc) is 3.09. The number of ether oxygens (including phenoxy) is 1. The van der Waals surface area contributed by atoms with Crippen molar-refractivity contribution in [3.63, 3.8) is 0 Å². The van der Waals surface area contributed by atoms with Gasteiger partial charge >= 0.3 is 6.09 Å². The summed E-state index contributed by atoms with van der Waals surface area (Å²) in [4.78, 5) is 26.9. The first-order valence-corrected chi connectivity index (χ1v) is 9.98. The Kier molecular flexibility index (Phi) is 4.90. The lowest BCUT2D eigenvalue weighted by Gasteiger charge is -2.22. The summed E-state index contributed by atoms with van der Waals surface area (Å²) in [6.45, 7) is 6.96. The molecule has 6 nitrogen and oxygen atoms in total. The number of nitrogens with zero attached hydrogens (tertiary/aromatic N) is 1. The topological polar surface area (TPSA) is 71.8 Å². The van der Waals surface area contributed by atoms with Crippen LogP contribution in [0.25, 0.3) is 21.9 Å². The summed E-state index contributed by atoms with van der Waals surface area (Å²) in [5.74, 6) is 0. The first-order chi connectivity index (χ1) is 13.7. The second-order valence-electron chi connectivity index (χ2n) is 8.31. The summed E-state index contributed by atoms with van der Waals surface area (Å²) in [6.07, 6.45) is 0.403. The molecule has 0 bridgehead atoms. The minimum Gasteiger partial charge on any atom is -0.454 e. The van der Waals surface area contributed by atoms with E-state index >= 15 is 0 Å². The van der Waals surface area contributed by atoms with E-state index in [9.17, 15) is 9.59 Å². The van der Waals surface area contributed by atoms with E-state index < -0.39 is 11.7 Å². The number of anilines is 1. The van der Waals surface area contributed by atoms with Gasteiger partial charge in [0.2, 0.25) is 5.43 Å². The van der Waals surface area contributed by atoms with Gasteiger partial charge < -0.3 is 19.4 Å². The Hall–Kier alpha value is -2.73. The number of hydrogen-bond acceptors (Lipinski definition) is 5. The SMILES string of the molecule is CC(C)(C)OC(=O)N[C@H]1CCN(c2ccc3c(=O)c4cccc(Cl)c4oc3c2)C1. The smallest absolute Gasteiger partial charge is 0.407 e. The number of halogens is 1. The van der Waals surface area contributed by atoms with Crippen LogP contribution in [0.2, 0.25) is 5.02 Å². The van der Waals surface area contributed by atoms with Gasteiger partial charge in [-0.15, -0.1) is 0 Å². The maximum absolute atomic E-state index is 12.8. The zero-order valence-electron chi connectivity index (χ0n) is 16.6. The van der Waals surface area contributed by atoms with Crippen molar-refractivity contribution in [1.82, 2.24) is 5.32 Å². The lowest BCUT2D eigenvalue weighted by molar-refractivity contribution is 0.0509. The van der Waals surface area contributed by atoms with Gasteiger partial charge in [-0.1, -0.05) is 17.7 Å². The normalized spacial score (nSPS) is 17.1. The molecule has 2 heterocycles. The molecule has 4 rings (SSSR count). The van der Waals surface area contributed by atoms with Crippen LogP contribution in [0.5, 0.6) is 0 Å². The zero-order valence-corrected chi connectivity index (χ0v) is 17.4. The van der Waals surface area contributed by atoms with Gasteiger partial charge in [0.15, 0.2) is 5.58 Å². The zero-order chi connectivity index (χ0) is 20.8. The van der Waals surface area contributed by atoms with Crippen LogP contribution in [0.15, 0.2) is 45.6 Å². The third-order valence-electron chi connectivity index (χ3n) is 4.91. The van der Waals surface area contributed by atoms with Gasteiger partial charge in [0.1, 0.15) is 11.2 Å². The predicted molar refractivity (Wildman–Crippen MR) is 115 cm³/mol. The Bertz CT molecular complexity index is 1150. The second-order valence-corrected chi connectivity index (χ2v) is 8.71. The minimum absolute atomic E-state index is 0.00129. The van der Waals surface area contributed by atoms with Crippen LogP contribution < -0.4 is 15.6 Å². The van der Waals surface area contributed by atoms with Gasteiger partial charge in [-0.25, -0.2) is 4.79 Å². The molecule has 0 spiro atoms. The van der Waals surface area contributed by atoms with Crippen LogP contribution >= 0.6 is 11.6 Å². The molecule has 1 saturated heterocycles. The molecule has 1 aliphatic rings. The number of fused-ring (bicyclic) bond motifs is 2. The summed E-state index contributed by atoms with van der Waals surface area (Å²) in [6, 6.07) is 10.7. The van der Waals surface area contributed by atoms with Crippen LogP contribution in [0, 0.1) is 0 Å². The van der Waals surface area contributed by atoms with Crippen LogP contribution in [-0.4, -0.2) is 30.8 Å². The minimum atomic E-state index is -0.525. The molecule has 1 N–H and O–H groups in total. The summed E-state index contributed by atoms with van der Waals surface area (Å²) < 4.78 is 11.3. The van der Waals surface area contributed by atoms with Crippen molar-refractivity contribution in [2.75, 3.05) is 18.0 Å². The molecule has 0 aliphatic carbocycles. The lowest BCUT2D eigenvalue weighted by Crippen LogP contribution is -2.40. The van der Waals surface area contributed by atoms with Crippen molar-refractivity contribution >= 4 is 45.3 Å². The van der Waals surface area contributed by atoms with E-state index in [0.717, 1.165) is 18.7 Å². The van der Waals surface area contributed by atoms with Gasteiger partial charge in [-0.2, -0.15) is 0 Å². The molecule has 1 aliphatic heterocycles. The number of benzene rings is 2. The highest BCUT2D eigenvalue weighted by atomic mass is 35.5. The van der Waals surface area contributed by atoms with Crippen LogP contribution in [-0.2, 0) is 4.74 Å². The molecule has 152 valence electrons. The number of carbonyl (C=O) groups excluding carboxylic acids is 1. The molecule has 0 unspecified atom stereocenters. The molecule has 7 heteroatoms. The molecule has 3 aromatic rings. The summed E-state index contributed by atoms with van der Waals surface area (Å²) in [5.41, 5.74) is 1.20. The van der Waals surface area contributed by atoms with Crippen LogP contribution in [0.3, 0.4) is 0 Å². The fourth-order valence-corrected chi connectivity index (χ4v) is 3.83. The monoisotopic (exact) mass is 414 g/mol.